The number of nitrogens with zero attached hydrogens (tertiary/aromatic N) is 4. The molecule has 0 unspecified atom stereocenters. The highest BCUT2D eigenvalue weighted by atomic mass is 16.5. The lowest BCUT2D eigenvalue weighted by Crippen LogP contribution is -2.59. The van der Waals surface area contributed by atoms with Crippen molar-refractivity contribution in [2.45, 2.75) is 97.6 Å². The van der Waals surface area contributed by atoms with Gasteiger partial charge in [0, 0.05) is 36.3 Å². The average molecular weight is 856 g/mol. The number of rotatable bonds is 16. The highest BCUT2D eigenvalue weighted by Crippen LogP contribution is 2.30. The zero-order valence-corrected chi connectivity index (χ0v) is 37.4. The van der Waals surface area contributed by atoms with Gasteiger partial charge in [0.25, 0.3) is 0 Å². The molecule has 13 nitrogen and oxygen atoms in total. The van der Waals surface area contributed by atoms with Crippen LogP contribution < -0.4 is 16.0 Å². The van der Waals surface area contributed by atoms with E-state index in [1.807, 2.05) is 151 Å². The van der Waals surface area contributed by atoms with Crippen LogP contribution in [-0.2, 0) is 33.7 Å². The minimum absolute atomic E-state index is 0.0516. The number of ether oxygens (including phenoxy) is 1. The summed E-state index contributed by atoms with van der Waals surface area (Å²) in [7, 11) is 1.24. The molecule has 0 spiro atoms. The first kappa shape index (κ1) is 46.2. The van der Waals surface area contributed by atoms with Crippen LogP contribution in [0, 0.1) is 10.8 Å². The first-order valence-electron chi connectivity index (χ1n) is 21.6. The third-order valence-corrected chi connectivity index (χ3v) is 11.5. The molecule has 0 aliphatic carbocycles. The summed E-state index contributed by atoms with van der Waals surface area (Å²) >= 11 is 0. The molecule has 1 aliphatic rings. The van der Waals surface area contributed by atoms with Crippen molar-refractivity contribution >= 4 is 34.8 Å². The number of methoxy groups -OCH3 is 1. The van der Waals surface area contributed by atoms with E-state index in [9.17, 15) is 24.3 Å². The fourth-order valence-corrected chi connectivity index (χ4v) is 8.21. The molecule has 6 rings (SSSR count). The molecule has 5 atom stereocenters. The number of carbonyl (C=O) groups excluding carboxylic acids is 4. The molecule has 0 saturated carbocycles. The van der Waals surface area contributed by atoms with E-state index < -0.39 is 53.1 Å². The van der Waals surface area contributed by atoms with Gasteiger partial charge in [0.2, 0.25) is 11.8 Å². The first-order chi connectivity index (χ1) is 30.0. The van der Waals surface area contributed by atoms with E-state index >= 15 is 0 Å². The summed E-state index contributed by atoms with van der Waals surface area (Å²) in [6, 6.07) is 31.4. The number of alkyl carbamates (subject to hydrolysis) is 1. The number of aromatic nitrogens is 2. The summed E-state index contributed by atoms with van der Waals surface area (Å²) in [6.45, 7) is 12.4. The number of aliphatic hydroxyl groups excluding tert-OH is 1. The topological polar surface area (TPSA) is 166 Å². The Morgan fingerprint density at radius 3 is 2.10 bits per heavy atom. The van der Waals surface area contributed by atoms with Crippen molar-refractivity contribution in [1.29, 1.82) is 0 Å². The fourth-order valence-electron chi connectivity index (χ4n) is 8.21. The van der Waals surface area contributed by atoms with E-state index in [0.717, 1.165) is 39.0 Å². The molecular weight excluding hydrogens is 795 g/mol. The molecule has 13 heteroatoms. The second-order valence-corrected chi connectivity index (χ2v) is 18.5. The van der Waals surface area contributed by atoms with Crippen molar-refractivity contribution in [2.24, 2.45) is 10.8 Å². The van der Waals surface area contributed by atoms with Gasteiger partial charge in [-0.1, -0.05) is 126 Å². The Morgan fingerprint density at radius 2 is 1.43 bits per heavy atom. The molecule has 63 heavy (non-hydrogen) atoms. The third kappa shape index (κ3) is 12.2. The van der Waals surface area contributed by atoms with E-state index in [1.165, 1.54) is 7.11 Å². The van der Waals surface area contributed by atoms with E-state index in [2.05, 4.69) is 20.9 Å². The number of fused-ring (bicyclic) bond motifs is 1. The van der Waals surface area contributed by atoms with Gasteiger partial charge >= 0.3 is 12.1 Å². The van der Waals surface area contributed by atoms with Gasteiger partial charge in [0.05, 0.1) is 42.7 Å². The molecule has 5 aromatic rings. The molecular formula is C50H61N7O6. The van der Waals surface area contributed by atoms with Gasteiger partial charge in [0.15, 0.2) is 0 Å². The molecule has 1 aliphatic heterocycles. The number of pyridine rings is 2. The summed E-state index contributed by atoms with van der Waals surface area (Å²) in [5.41, 5.74) is 3.78. The summed E-state index contributed by atoms with van der Waals surface area (Å²) in [4.78, 5) is 67.9. The van der Waals surface area contributed by atoms with Gasteiger partial charge < -0.3 is 35.6 Å². The number of hydrogen-bond acceptors (Lipinski definition) is 8. The Kier molecular flexibility index (Phi) is 14.8. The van der Waals surface area contributed by atoms with Crippen molar-refractivity contribution in [3.8, 4) is 11.3 Å². The second-order valence-electron chi connectivity index (χ2n) is 18.5. The molecule has 332 valence electrons. The van der Waals surface area contributed by atoms with Crippen molar-refractivity contribution < 1.29 is 29.0 Å². The minimum atomic E-state index is -1.15. The van der Waals surface area contributed by atoms with Crippen LogP contribution >= 0.6 is 0 Å². The lowest BCUT2D eigenvalue weighted by molar-refractivity contribution is -0.131. The maximum atomic E-state index is 14.7. The maximum absolute atomic E-state index is 14.7. The van der Waals surface area contributed by atoms with Crippen LogP contribution in [0.1, 0.15) is 64.8 Å². The normalized spacial score (nSPS) is 15.6. The molecule has 0 radical (unpaired) electrons. The molecule has 3 heterocycles. The summed E-state index contributed by atoms with van der Waals surface area (Å²) < 4.78 is 4.85. The maximum Gasteiger partial charge on any atom is 0.407 e. The number of nitrogens with one attached hydrogen (secondary N) is 3. The van der Waals surface area contributed by atoms with Gasteiger partial charge in [-0.3, -0.25) is 19.6 Å². The smallest absolute Gasteiger partial charge is 0.407 e. The monoisotopic (exact) mass is 855 g/mol. The highest BCUT2D eigenvalue weighted by molar-refractivity contribution is 5.89. The molecule has 2 aromatic heterocycles. The lowest BCUT2D eigenvalue weighted by atomic mass is 9.84. The van der Waals surface area contributed by atoms with Crippen molar-refractivity contribution in [3.63, 3.8) is 0 Å². The Hall–Kier alpha value is -6.34. The van der Waals surface area contributed by atoms with Crippen LogP contribution in [0.5, 0.6) is 0 Å². The van der Waals surface area contributed by atoms with Crippen molar-refractivity contribution in [1.82, 2.24) is 35.7 Å². The van der Waals surface area contributed by atoms with Gasteiger partial charge in [-0.2, -0.15) is 0 Å². The van der Waals surface area contributed by atoms with Gasteiger partial charge in [-0.25, -0.2) is 9.59 Å². The summed E-state index contributed by atoms with van der Waals surface area (Å²) in [5.74, 6) is -0.829. The van der Waals surface area contributed by atoms with E-state index in [4.69, 9.17) is 9.72 Å². The first-order valence-corrected chi connectivity index (χ1v) is 21.6. The zero-order valence-electron chi connectivity index (χ0n) is 37.4. The van der Waals surface area contributed by atoms with Gasteiger partial charge in [-0.15, -0.1) is 0 Å². The largest absolute Gasteiger partial charge is 0.453 e. The van der Waals surface area contributed by atoms with Crippen LogP contribution in [0.25, 0.3) is 22.2 Å². The average Bonchev–Trinajstić information content (AvgIpc) is 3.59. The number of benzene rings is 3. The van der Waals surface area contributed by atoms with E-state index in [0.29, 0.717) is 26.1 Å². The predicted molar refractivity (Wildman–Crippen MR) is 244 cm³/mol. The molecule has 5 amide bonds. The minimum Gasteiger partial charge on any atom is -0.453 e. The van der Waals surface area contributed by atoms with E-state index in [-0.39, 0.29) is 24.8 Å². The summed E-state index contributed by atoms with van der Waals surface area (Å²) in [6.07, 6.45) is 0.514. The van der Waals surface area contributed by atoms with Crippen LogP contribution in [0.4, 0.5) is 9.59 Å². The summed E-state index contributed by atoms with van der Waals surface area (Å²) in [5, 5.41) is 22.3. The van der Waals surface area contributed by atoms with E-state index in [1.54, 1.807) is 16.0 Å². The zero-order chi connectivity index (χ0) is 45.3. The molecule has 4 N–H and O–H groups in total. The Labute approximate surface area is 370 Å². The molecule has 1 fully saturated rings. The van der Waals surface area contributed by atoms with Crippen molar-refractivity contribution in [2.75, 3.05) is 20.2 Å². The Bertz CT molecular complexity index is 2330. The molecule has 0 bridgehead atoms. The Balaban J connectivity index is 1.25. The number of hydrogen-bond donors (Lipinski definition) is 4. The number of amides is 5. The van der Waals surface area contributed by atoms with Crippen LogP contribution in [-0.4, -0.2) is 99.3 Å². The van der Waals surface area contributed by atoms with Gasteiger partial charge in [0.1, 0.15) is 12.1 Å². The molecule has 3 aromatic carbocycles. The number of aliphatic hydroxyl groups is 1. The Morgan fingerprint density at radius 1 is 0.746 bits per heavy atom. The molecule has 1 saturated heterocycles. The van der Waals surface area contributed by atoms with Crippen LogP contribution in [0.2, 0.25) is 0 Å². The standard InChI is InChI=1S/C50H61N7O6/c1-49(2,3)43(55-47(61)63-7)45(59)53-38(29-34-20-22-36(23-21-34)39-18-13-14-26-51-39)31-42(58)41(30-33-15-9-8-10-16-33)54-46(60)44(50(4,5)6)57-28-27-56(48(57)62)32-37-25-24-35-17-11-12-19-40(35)52-37/h8-26,38,41-44,58H,27-32H2,1-7H3,(H,53,59)(H,54,60)(H,55,61)/t38-,41-,42-,43+,44+/m0/s1. The second kappa shape index (κ2) is 20.2. The van der Waals surface area contributed by atoms with Crippen LogP contribution in [0.3, 0.4) is 0 Å². The van der Waals surface area contributed by atoms with Gasteiger partial charge in [-0.05, 0) is 65.5 Å². The number of para-hydroxylation sites is 1. The van der Waals surface area contributed by atoms with Crippen LogP contribution in [0.15, 0.2) is 115 Å². The SMILES string of the molecule is COC(=O)N[C@H](C(=O)N[C@@H](Cc1ccc(-c2ccccn2)cc1)C[C@H](O)[C@H](Cc1ccccc1)NC(=O)[C@@H](N1CCN(Cc2ccc3ccccc3n2)C1=O)C(C)(C)C)C(C)(C)C. The fraction of sp³-hybridized carbons (Fsp3) is 0.400. The number of urea groups is 1. The highest BCUT2D eigenvalue weighted by Gasteiger charge is 2.44. The lowest BCUT2D eigenvalue weighted by Gasteiger charge is -2.38. The number of carbonyl (C=O) groups is 4. The third-order valence-electron chi connectivity index (χ3n) is 11.5. The quantitative estimate of drug-likeness (QED) is 0.0830. The predicted octanol–water partition coefficient (Wildman–Crippen LogP) is 6.93. The van der Waals surface area contributed by atoms with Crippen molar-refractivity contribution in [3.05, 3.63) is 132 Å².